The molecule has 2 N–H and O–H groups in total. The van der Waals surface area contributed by atoms with Crippen molar-refractivity contribution in [2.24, 2.45) is 0 Å². The van der Waals surface area contributed by atoms with Gasteiger partial charge in [-0.15, -0.1) is 0 Å². The highest BCUT2D eigenvalue weighted by Gasteiger charge is 2.36. The van der Waals surface area contributed by atoms with E-state index in [-0.39, 0.29) is 6.10 Å². The Bertz CT molecular complexity index is 950. The number of carbonyl (C=O) groups is 2. The van der Waals surface area contributed by atoms with Crippen LogP contribution in [0.5, 0.6) is 11.5 Å². The minimum absolute atomic E-state index is 0.306. The third-order valence-electron chi connectivity index (χ3n) is 4.54. The van der Waals surface area contributed by atoms with Crippen LogP contribution in [0.3, 0.4) is 0 Å². The Morgan fingerprint density at radius 3 is 2.43 bits per heavy atom. The van der Waals surface area contributed by atoms with Crippen LogP contribution in [0.4, 0.5) is 4.79 Å². The zero-order valence-corrected chi connectivity index (χ0v) is 17.5. The molecule has 0 saturated carbocycles. The van der Waals surface area contributed by atoms with Crippen molar-refractivity contribution in [1.29, 1.82) is 0 Å². The molecule has 2 amide bonds. The average Bonchev–Trinajstić information content (AvgIpc) is 2.73. The van der Waals surface area contributed by atoms with Gasteiger partial charge in [0, 0.05) is 5.56 Å². The molecular formula is C23H26N2O5. The van der Waals surface area contributed by atoms with Crippen LogP contribution < -0.4 is 20.1 Å². The molecule has 0 aromatic heterocycles. The van der Waals surface area contributed by atoms with Crippen molar-refractivity contribution in [1.82, 2.24) is 10.6 Å². The Labute approximate surface area is 176 Å². The Morgan fingerprint density at radius 2 is 1.80 bits per heavy atom. The van der Waals surface area contributed by atoms with Crippen LogP contribution in [-0.4, -0.2) is 31.8 Å². The number of para-hydroxylation sites is 1. The van der Waals surface area contributed by atoms with Crippen LogP contribution in [0.1, 0.15) is 37.9 Å². The molecule has 30 heavy (non-hydrogen) atoms. The van der Waals surface area contributed by atoms with Crippen molar-refractivity contribution in [2.75, 3.05) is 13.7 Å². The molecule has 0 bridgehead atoms. The van der Waals surface area contributed by atoms with Crippen molar-refractivity contribution < 1.29 is 23.8 Å². The van der Waals surface area contributed by atoms with Crippen molar-refractivity contribution in [3.05, 3.63) is 65.2 Å². The first-order valence-electron chi connectivity index (χ1n) is 9.83. The lowest BCUT2D eigenvalue weighted by Gasteiger charge is -2.31. The number of carbonyl (C=O) groups excluding carboxylic acids is 2. The van der Waals surface area contributed by atoms with Gasteiger partial charge in [0.05, 0.1) is 37.1 Å². The van der Waals surface area contributed by atoms with E-state index in [1.807, 2.05) is 31.2 Å². The fraction of sp³-hybridized carbons (Fsp3) is 0.304. The minimum atomic E-state index is -0.732. The summed E-state index contributed by atoms with van der Waals surface area (Å²) >= 11 is 0. The highest BCUT2D eigenvalue weighted by atomic mass is 16.5. The summed E-state index contributed by atoms with van der Waals surface area (Å²) in [4.78, 5) is 25.7. The molecule has 0 saturated heterocycles. The molecule has 0 fully saturated rings. The Morgan fingerprint density at radius 1 is 1.10 bits per heavy atom. The van der Waals surface area contributed by atoms with Crippen LogP contribution in [0, 0.1) is 0 Å². The second-order valence-electron chi connectivity index (χ2n) is 6.97. The fourth-order valence-corrected chi connectivity index (χ4v) is 3.29. The monoisotopic (exact) mass is 410 g/mol. The number of nitrogens with one attached hydrogen (secondary N) is 2. The van der Waals surface area contributed by atoms with Gasteiger partial charge in [-0.1, -0.05) is 18.2 Å². The maximum Gasteiger partial charge on any atom is 0.338 e. The summed E-state index contributed by atoms with van der Waals surface area (Å²) in [5.74, 6) is 0.750. The second-order valence-corrected chi connectivity index (χ2v) is 6.97. The highest BCUT2D eigenvalue weighted by Crippen LogP contribution is 2.36. The Hall–Kier alpha value is -3.48. The molecule has 3 rings (SSSR count). The quantitative estimate of drug-likeness (QED) is 0.678. The van der Waals surface area contributed by atoms with E-state index in [0.29, 0.717) is 40.5 Å². The summed E-state index contributed by atoms with van der Waals surface area (Å²) in [5.41, 5.74) is 2.04. The molecule has 7 nitrogen and oxygen atoms in total. The minimum Gasteiger partial charge on any atom is -0.497 e. The average molecular weight is 410 g/mol. The summed E-state index contributed by atoms with van der Waals surface area (Å²) in [5, 5.41) is 5.62. The lowest BCUT2D eigenvalue weighted by molar-refractivity contribution is -0.143. The topological polar surface area (TPSA) is 85.9 Å². The molecule has 0 spiro atoms. The van der Waals surface area contributed by atoms with Gasteiger partial charge >= 0.3 is 12.0 Å². The van der Waals surface area contributed by atoms with Gasteiger partial charge in [-0.05, 0) is 56.7 Å². The summed E-state index contributed by atoms with van der Waals surface area (Å²) < 4.78 is 16.5. The normalized spacial score (nSPS) is 16.0. The molecule has 158 valence electrons. The van der Waals surface area contributed by atoms with Gasteiger partial charge in [0.15, 0.2) is 0 Å². The van der Waals surface area contributed by atoms with Crippen molar-refractivity contribution in [3.8, 4) is 11.5 Å². The molecule has 2 aromatic rings. The number of methoxy groups -OCH3 is 1. The zero-order valence-electron chi connectivity index (χ0n) is 17.5. The number of hydrogen-bond acceptors (Lipinski definition) is 5. The largest absolute Gasteiger partial charge is 0.497 e. The molecule has 0 aliphatic carbocycles. The first kappa shape index (κ1) is 21.2. The first-order chi connectivity index (χ1) is 14.4. The molecule has 0 radical (unpaired) electrons. The third-order valence-corrected chi connectivity index (χ3v) is 4.54. The van der Waals surface area contributed by atoms with Crippen LogP contribution in [0.25, 0.3) is 5.70 Å². The molecular weight excluding hydrogens is 384 g/mol. The smallest absolute Gasteiger partial charge is 0.338 e. The highest BCUT2D eigenvalue weighted by molar-refractivity contribution is 6.04. The van der Waals surface area contributed by atoms with Crippen molar-refractivity contribution in [3.63, 3.8) is 0 Å². The third kappa shape index (κ3) is 4.56. The summed E-state index contributed by atoms with van der Waals surface area (Å²) in [6.45, 7) is 5.90. The predicted octanol–water partition coefficient (Wildman–Crippen LogP) is 3.81. The van der Waals surface area contributed by atoms with Gasteiger partial charge in [-0.3, -0.25) is 0 Å². The van der Waals surface area contributed by atoms with Crippen LogP contribution in [0.2, 0.25) is 0 Å². The molecule has 1 heterocycles. The van der Waals surface area contributed by atoms with E-state index in [9.17, 15) is 9.59 Å². The van der Waals surface area contributed by atoms with Crippen molar-refractivity contribution >= 4 is 17.7 Å². The van der Waals surface area contributed by atoms with Gasteiger partial charge < -0.3 is 24.8 Å². The number of amides is 2. The van der Waals surface area contributed by atoms with E-state index >= 15 is 0 Å². The molecule has 1 aliphatic heterocycles. The van der Waals surface area contributed by atoms with Crippen LogP contribution in [0.15, 0.2) is 54.1 Å². The molecule has 2 aromatic carbocycles. The predicted molar refractivity (Wildman–Crippen MR) is 113 cm³/mol. The van der Waals surface area contributed by atoms with Gasteiger partial charge in [-0.2, -0.15) is 0 Å². The number of benzene rings is 2. The van der Waals surface area contributed by atoms with Gasteiger partial charge in [-0.25, -0.2) is 9.59 Å². The van der Waals surface area contributed by atoms with Gasteiger partial charge in [0.25, 0.3) is 0 Å². The maximum absolute atomic E-state index is 13.1. The molecule has 7 heteroatoms. The summed E-state index contributed by atoms with van der Waals surface area (Å²) in [6, 6.07) is 13.3. The lowest BCUT2D eigenvalue weighted by Crippen LogP contribution is -2.45. The number of hydrogen-bond donors (Lipinski definition) is 2. The Balaban J connectivity index is 2.19. The van der Waals surface area contributed by atoms with E-state index < -0.39 is 18.0 Å². The first-order valence-corrected chi connectivity index (χ1v) is 9.83. The van der Waals surface area contributed by atoms with Gasteiger partial charge in [0.2, 0.25) is 0 Å². The standard InChI is InChI=1S/C23H26N2O5/c1-5-29-18-9-7-6-8-17(18)21-19(22(26)30-14(2)3)20(24-23(27)25-21)15-10-12-16(28-4)13-11-15/h6-14,21H,5H2,1-4H3,(H2,24,25,27). The Kier molecular flexibility index (Phi) is 6.61. The lowest BCUT2D eigenvalue weighted by atomic mass is 9.92. The van der Waals surface area contributed by atoms with E-state index in [1.165, 1.54) is 0 Å². The van der Waals surface area contributed by atoms with Crippen LogP contribution in [-0.2, 0) is 9.53 Å². The number of urea groups is 1. The van der Waals surface area contributed by atoms with Crippen molar-refractivity contribution in [2.45, 2.75) is 32.9 Å². The molecule has 1 unspecified atom stereocenters. The summed E-state index contributed by atoms with van der Waals surface area (Å²) in [7, 11) is 1.58. The van der Waals surface area contributed by atoms with E-state index in [0.717, 1.165) is 0 Å². The number of rotatable bonds is 7. The maximum atomic E-state index is 13.1. The molecule has 1 atom stereocenters. The van der Waals surface area contributed by atoms with Gasteiger partial charge in [0.1, 0.15) is 11.5 Å². The number of ether oxygens (including phenoxy) is 3. The SMILES string of the molecule is CCOc1ccccc1C1NC(=O)NC(c2ccc(OC)cc2)=C1C(=O)OC(C)C. The number of esters is 1. The van der Waals surface area contributed by atoms with E-state index in [1.54, 1.807) is 45.2 Å². The second kappa shape index (κ2) is 9.35. The van der Waals surface area contributed by atoms with E-state index in [2.05, 4.69) is 10.6 Å². The van der Waals surface area contributed by atoms with E-state index in [4.69, 9.17) is 14.2 Å². The summed E-state index contributed by atoms with van der Waals surface area (Å²) in [6.07, 6.45) is -0.317. The molecule has 1 aliphatic rings. The fourth-order valence-electron chi connectivity index (χ4n) is 3.29. The zero-order chi connectivity index (χ0) is 21.7. The van der Waals surface area contributed by atoms with Crippen LogP contribution >= 0.6 is 0 Å².